The Morgan fingerprint density at radius 1 is 0.617 bits per heavy atom. The van der Waals surface area contributed by atoms with E-state index in [-0.39, 0.29) is 5.56 Å². The van der Waals surface area contributed by atoms with E-state index >= 15 is 0 Å². The van der Waals surface area contributed by atoms with Crippen molar-refractivity contribution in [3.05, 3.63) is 187 Å². The van der Waals surface area contributed by atoms with E-state index in [9.17, 15) is 9.90 Å². The van der Waals surface area contributed by atoms with Crippen LogP contribution in [0.3, 0.4) is 0 Å². The number of aromatic carboxylic acids is 1. The van der Waals surface area contributed by atoms with Gasteiger partial charge in [0, 0.05) is 40.3 Å². The fraction of sp³-hybridized carbons (Fsp3) is 0.0250. The van der Waals surface area contributed by atoms with Crippen molar-refractivity contribution in [2.45, 2.75) is 6.04 Å². The molecule has 7 heteroatoms. The first-order chi connectivity index (χ1) is 23.1. The first-order valence-electron chi connectivity index (χ1n) is 15.3. The summed E-state index contributed by atoms with van der Waals surface area (Å²) in [7, 11) is 0. The Hall–Kier alpha value is -6.47. The lowest BCUT2D eigenvalue weighted by atomic mass is 10.0. The van der Waals surface area contributed by atoms with Crippen LogP contribution in [0.1, 0.15) is 22.1 Å². The highest BCUT2D eigenvalue weighted by Crippen LogP contribution is 2.36. The Bertz CT molecular complexity index is 1970. The molecule has 0 amide bonds. The normalized spacial score (nSPS) is 13.7. The molecule has 47 heavy (non-hydrogen) atoms. The molecule has 0 radical (unpaired) electrons. The van der Waals surface area contributed by atoms with Crippen molar-refractivity contribution in [1.82, 2.24) is 15.3 Å². The van der Waals surface area contributed by atoms with Gasteiger partial charge in [-0.25, -0.2) is 9.78 Å². The van der Waals surface area contributed by atoms with E-state index in [1.54, 1.807) is 18.3 Å². The number of hydrogen-bond acceptors (Lipinski definition) is 6. The zero-order valence-corrected chi connectivity index (χ0v) is 25.4. The molecule has 1 atom stereocenters. The van der Waals surface area contributed by atoms with Gasteiger partial charge < -0.3 is 20.2 Å². The molecule has 0 aliphatic carbocycles. The van der Waals surface area contributed by atoms with E-state index < -0.39 is 12.0 Å². The van der Waals surface area contributed by atoms with Crippen LogP contribution in [0.25, 0.3) is 11.4 Å². The van der Waals surface area contributed by atoms with Crippen molar-refractivity contribution in [2.24, 2.45) is 0 Å². The van der Waals surface area contributed by atoms with Gasteiger partial charge in [0.2, 0.25) is 0 Å². The summed E-state index contributed by atoms with van der Waals surface area (Å²) in [6.45, 7) is 0. The fourth-order valence-corrected chi connectivity index (χ4v) is 5.70. The van der Waals surface area contributed by atoms with Crippen molar-refractivity contribution in [3.8, 4) is 11.4 Å². The third-order valence-electron chi connectivity index (χ3n) is 7.86. The van der Waals surface area contributed by atoms with E-state index in [0.29, 0.717) is 17.1 Å². The number of carbonyl (C=O) groups is 1. The highest BCUT2D eigenvalue weighted by Gasteiger charge is 2.22. The Morgan fingerprint density at radius 2 is 1.15 bits per heavy atom. The van der Waals surface area contributed by atoms with Crippen LogP contribution in [-0.2, 0) is 0 Å². The maximum atomic E-state index is 12.4. The quantitative estimate of drug-likeness (QED) is 0.168. The van der Waals surface area contributed by atoms with Crippen molar-refractivity contribution >= 4 is 34.4 Å². The highest BCUT2D eigenvalue weighted by atomic mass is 16.4. The minimum atomic E-state index is -1.04. The van der Waals surface area contributed by atoms with Gasteiger partial charge in [0.25, 0.3) is 0 Å². The number of rotatable bonds is 9. The molecule has 7 rings (SSSR count). The number of aromatic nitrogens is 2. The SMILES string of the molecule is O=C(O)c1cc(-c2cc(N(c3ccccc3)c3ccccc3)ccn2)nc(C2C=C(N(c3ccccc3)c3ccccc3)C=CN2)c1. The van der Waals surface area contributed by atoms with Gasteiger partial charge in [-0.3, -0.25) is 4.98 Å². The first-order valence-corrected chi connectivity index (χ1v) is 15.3. The summed E-state index contributed by atoms with van der Waals surface area (Å²) in [6, 6.07) is 47.2. The standard InChI is InChI=1S/C40H31N5O2/c46-40(47)29-25-38(36-27-34(21-23-41-36)44(30-13-5-1-6-14-30)31-15-7-2-8-16-31)43-39(26-29)37-28-35(22-24-42-37)45(32-17-9-3-10-18-32)33-19-11-4-12-20-33/h1-28,36,41H,(H,46,47). The fourth-order valence-electron chi connectivity index (χ4n) is 5.70. The third kappa shape index (κ3) is 6.36. The molecule has 4 aromatic carbocycles. The molecule has 228 valence electrons. The highest BCUT2D eigenvalue weighted by molar-refractivity contribution is 5.89. The average Bonchev–Trinajstić information content (AvgIpc) is 3.14. The number of para-hydroxylation sites is 4. The largest absolute Gasteiger partial charge is 0.478 e. The number of nitrogens with zero attached hydrogens (tertiary/aromatic N) is 4. The lowest BCUT2D eigenvalue weighted by Crippen LogP contribution is -2.24. The molecule has 0 saturated heterocycles. The molecule has 0 spiro atoms. The van der Waals surface area contributed by atoms with Crippen molar-refractivity contribution in [1.29, 1.82) is 0 Å². The van der Waals surface area contributed by atoms with Crippen LogP contribution in [0.5, 0.6) is 0 Å². The number of nitrogens with one attached hydrogen (secondary N) is 1. The molecule has 3 heterocycles. The minimum Gasteiger partial charge on any atom is -0.478 e. The molecule has 0 bridgehead atoms. The van der Waals surface area contributed by atoms with E-state index in [1.807, 2.05) is 97.2 Å². The molecular formula is C40H31N5O2. The lowest BCUT2D eigenvalue weighted by Gasteiger charge is -2.30. The van der Waals surface area contributed by atoms with E-state index in [2.05, 4.69) is 74.7 Å². The number of carboxylic acid groups (broad SMARTS) is 1. The monoisotopic (exact) mass is 613 g/mol. The van der Waals surface area contributed by atoms with E-state index in [4.69, 9.17) is 4.98 Å². The summed E-state index contributed by atoms with van der Waals surface area (Å²) in [4.78, 5) is 26.3. The molecule has 6 aromatic rings. The Balaban J connectivity index is 1.30. The van der Waals surface area contributed by atoms with Crippen molar-refractivity contribution < 1.29 is 9.90 Å². The number of anilines is 5. The van der Waals surface area contributed by atoms with Gasteiger partial charge in [0.15, 0.2) is 0 Å². The van der Waals surface area contributed by atoms with Crippen LogP contribution >= 0.6 is 0 Å². The van der Waals surface area contributed by atoms with Gasteiger partial charge in [-0.1, -0.05) is 72.8 Å². The molecule has 0 fully saturated rings. The van der Waals surface area contributed by atoms with Crippen LogP contribution in [0.2, 0.25) is 0 Å². The average molecular weight is 614 g/mol. The van der Waals surface area contributed by atoms with Crippen LogP contribution in [0, 0.1) is 0 Å². The van der Waals surface area contributed by atoms with Gasteiger partial charge in [-0.15, -0.1) is 0 Å². The van der Waals surface area contributed by atoms with Gasteiger partial charge in [-0.05, 0) is 91.1 Å². The summed E-state index contributed by atoms with van der Waals surface area (Å²) in [5.74, 6) is -1.04. The molecule has 2 aromatic heterocycles. The van der Waals surface area contributed by atoms with Crippen LogP contribution in [-0.4, -0.2) is 21.0 Å². The number of hydrogen-bond donors (Lipinski definition) is 2. The number of benzene rings is 4. The summed E-state index contributed by atoms with van der Waals surface area (Å²) in [5, 5.41) is 13.5. The minimum absolute atomic E-state index is 0.134. The van der Waals surface area contributed by atoms with Gasteiger partial charge in [-0.2, -0.15) is 0 Å². The zero-order chi connectivity index (χ0) is 32.0. The van der Waals surface area contributed by atoms with Crippen LogP contribution in [0.4, 0.5) is 28.4 Å². The second-order valence-corrected chi connectivity index (χ2v) is 11.0. The van der Waals surface area contributed by atoms with Gasteiger partial charge in [0.1, 0.15) is 0 Å². The molecule has 1 aliphatic rings. The number of dihydropyridines is 1. The second kappa shape index (κ2) is 13.3. The summed E-state index contributed by atoms with van der Waals surface area (Å²) >= 11 is 0. The van der Waals surface area contributed by atoms with Crippen LogP contribution < -0.4 is 15.1 Å². The molecule has 7 nitrogen and oxygen atoms in total. The van der Waals surface area contributed by atoms with Crippen molar-refractivity contribution in [2.75, 3.05) is 9.80 Å². The number of pyridine rings is 2. The maximum absolute atomic E-state index is 12.4. The number of allylic oxidation sites excluding steroid dienone is 1. The first kappa shape index (κ1) is 29.3. The second-order valence-electron chi connectivity index (χ2n) is 11.0. The third-order valence-corrected chi connectivity index (χ3v) is 7.86. The number of carboxylic acids is 1. The topological polar surface area (TPSA) is 81.6 Å². The Morgan fingerprint density at radius 3 is 1.68 bits per heavy atom. The summed E-state index contributed by atoms with van der Waals surface area (Å²) in [6.07, 6.45) is 7.68. The molecular weight excluding hydrogens is 582 g/mol. The molecule has 1 aliphatic heterocycles. The predicted octanol–water partition coefficient (Wildman–Crippen LogP) is 9.19. The zero-order valence-electron chi connectivity index (χ0n) is 25.4. The summed E-state index contributed by atoms with van der Waals surface area (Å²) < 4.78 is 0. The van der Waals surface area contributed by atoms with E-state index in [1.165, 1.54) is 0 Å². The van der Waals surface area contributed by atoms with Crippen molar-refractivity contribution in [3.63, 3.8) is 0 Å². The molecule has 2 N–H and O–H groups in total. The lowest BCUT2D eigenvalue weighted by molar-refractivity contribution is 0.0696. The Kier molecular flexibility index (Phi) is 8.25. The van der Waals surface area contributed by atoms with Crippen LogP contribution in [0.15, 0.2) is 176 Å². The molecule has 0 saturated carbocycles. The van der Waals surface area contributed by atoms with Gasteiger partial charge in [0.05, 0.1) is 28.7 Å². The predicted molar refractivity (Wildman–Crippen MR) is 187 cm³/mol. The van der Waals surface area contributed by atoms with E-state index in [0.717, 1.165) is 34.1 Å². The summed E-state index contributed by atoms with van der Waals surface area (Å²) in [5.41, 5.74) is 7.52. The smallest absolute Gasteiger partial charge is 0.335 e. The maximum Gasteiger partial charge on any atom is 0.335 e. The Labute approximate surface area is 273 Å². The van der Waals surface area contributed by atoms with Gasteiger partial charge >= 0.3 is 5.97 Å². The molecule has 1 unspecified atom stereocenters.